The fourth-order valence-corrected chi connectivity index (χ4v) is 5.18. The molecule has 1 heterocycles. The van der Waals surface area contributed by atoms with Gasteiger partial charge in [0.25, 0.3) is 0 Å². The molecule has 0 unspecified atom stereocenters. The summed E-state index contributed by atoms with van der Waals surface area (Å²) in [4.78, 5) is 13.1. The van der Waals surface area contributed by atoms with E-state index in [2.05, 4.69) is 20.2 Å². The molecular weight excluding hydrogens is 444 g/mol. The van der Waals surface area contributed by atoms with Crippen molar-refractivity contribution in [3.05, 3.63) is 83.4 Å². The molecule has 0 bridgehead atoms. The summed E-state index contributed by atoms with van der Waals surface area (Å²) in [7, 11) is -3.95. The lowest BCUT2D eigenvalue weighted by Crippen LogP contribution is -2.45. The fraction of sp³-hybridized carbons (Fsp3) is 0.174. The number of fused-ring (bicyclic) bond motifs is 1. The number of carbonyl (C=O) groups is 1. The summed E-state index contributed by atoms with van der Waals surface area (Å²) in [6.45, 7) is 1.95. The maximum Gasteiger partial charge on any atom is 0.244 e. The first-order valence-corrected chi connectivity index (χ1v) is 12.4. The molecule has 0 aliphatic carbocycles. The summed E-state index contributed by atoms with van der Waals surface area (Å²) in [5.41, 5.74) is 0.834. The van der Waals surface area contributed by atoms with E-state index in [1.54, 1.807) is 18.2 Å². The molecule has 0 aliphatic rings. The first kappa shape index (κ1) is 22.1. The topological polar surface area (TPSA) is 101 Å². The number of nitrogens with one attached hydrogen (secondary N) is 2. The second kappa shape index (κ2) is 9.56. The maximum absolute atomic E-state index is 13.2. The van der Waals surface area contributed by atoms with Crippen molar-refractivity contribution in [2.45, 2.75) is 30.7 Å². The van der Waals surface area contributed by atoms with Gasteiger partial charge in [0.15, 0.2) is 0 Å². The first-order valence-electron chi connectivity index (χ1n) is 10.1. The molecule has 0 aliphatic heterocycles. The highest BCUT2D eigenvalue weighted by molar-refractivity contribution is 7.89. The maximum atomic E-state index is 13.2. The van der Waals surface area contributed by atoms with Gasteiger partial charge in [0.1, 0.15) is 11.0 Å². The normalized spacial score (nSPS) is 12.5. The van der Waals surface area contributed by atoms with Gasteiger partial charge in [-0.25, -0.2) is 8.42 Å². The van der Waals surface area contributed by atoms with Crippen molar-refractivity contribution >= 4 is 43.2 Å². The van der Waals surface area contributed by atoms with Crippen LogP contribution in [0.1, 0.15) is 17.5 Å². The predicted molar refractivity (Wildman–Crippen MR) is 126 cm³/mol. The van der Waals surface area contributed by atoms with Crippen LogP contribution in [0.3, 0.4) is 0 Å². The monoisotopic (exact) mass is 466 g/mol. The molecule has 2 N–H and O–H groups in total. The van der Waals surface area contributed by atoms with E-state index in [1.165, 1.54) is 11.3 Å². The molecule has 0 saturated carbocycles. The van der Waals surface area contributed by atoms with E-state index in [0.717, 1.165) is 21.3 Å². The van der Waals surface area contributed by atoms with Gasteiger partial charge in [-0.3, -0.25) is 10.1 Å². The number of aromatic nitrogens is 2. The predicted octanol–water partition coefficient (Wildman–Crippen LogP) is 3.78. The lowest BCUT2D eigenvalue weighted by atomic mass is 10.1. The highest BCUT2D eigenvalue weighted by Gasteiger charge is 2.27. The van der Waals surface area contributed by atoms with E-state index in [9.17, 15) is 13.2 Å². The molecule has 4 rings (SSSR count). The number of nitrogens with zero attached hydrogens (tertiary/aromatic N) is 2. The van der Waals surface area contributed by atoms with E-state index in [4.69, 9.17) is 0 Å². The summed E-state index contributed by atoms with van der Waals surface area (Å²) in [5, 5.41) is 13.5. The average molecular weight is 467 g/mol. The number of anilines is 1. The number of rotatable bonds is 8. The van der Waals surface area contributed by atoms with E-state index in [-0.39, 0.29) is 11.3 Å². The van der Waals surface area contributed by atoms with Gasteiger partial charge < -0.3 is 0 Å². The molecule has 0 spiro atoms. The number of sulfonamides is 1. The minimum Gasteiger partial charge on any atom is -0.299 e. The van der Waals surface area contributed by atoms with Crippen LogP contribution < -0.4 is 10.0 Å². The molecule has 3 aromatic carbocycles. The van der Waals surface area contributed by atoms with E-state index >= 15 is 0 Å². The lowest BCUT2D eigenvalue weighted by molar-refractivity contribution is -0.117. The third-order valence-corrected chi connectivity index (χ3v) is 7.38. The zero-order valence-corrected chi connectivity index (χ0v) is 19.0. The summed E-state index contributed by atoms with van der Waals surface area (Å²) >= 11 is 1.27. The molecule has 32 heavy (non-hydrogen) atoms. The Bertz CT molecular complexity index is 1340. The smallest absolute Gasteiger partial charge is 0.244 e. The molecule has 0 radical (unpaired) electrons. The highest BCUT2D eigenvalue weighted by atomic mass is 32.2. The second-order valence-corrected chi connectivity index (χ2v) is 9.99. The van der Waals surface area contributed by atoms with Gasteiger partial charge in [-0.05, 0) is 41.3 Å². The number of carbonyl (C=O) groups excluding carboxylic acids is 1. The van der Waals surface area contributed by atoms with Gasteiger partial charge >= 0.3 is 0 Å². The van der Waals surface area contributed by atoms with Gasteiger partial charge in [0.05, 0.1) is 4.90 Å². The van der Waals surface area contributed by atoms with Crippen molar-refractivity contribution in [2.24, 2.45) is 0 Å². The first-order chi connectivity index (χ1) is 15.4. The Morgan fingerprint density at radius 3 is 2.41 bits per heavy atom. The average Bonchev–Trinajstić information content (AvgIpc) is 3.26. The molecule has 0 saturated heterocycles. The number of amides is 1. The molecule has 9 heteroatoms. The van der Waals surface area contributed by atoms with E-state index in [0.29, 0.717) is 11.6 Å². The van der Waals surface area contributed by atoms with Gasteiger partial charge in [0, 0.05) is 0 Å². The molecule has 0 fully saturated rings. The summed E-state index contributed by atoms with van der Waals surface area (Å²) in [5.74, 6) is -0.489. The van der Waals surface area contributed by atoms with Crippen LogP contribution >= 0.6 is 11.3 Å². The third kappa shape index (κ3) is 5.18. The Kier molecular flexibility index (Phi) is 6.59. The minimum atomic E-state index is -3.95. The number of hydrogen-bond acceptors (Lipinski definition) is 6. The Morgan fingerprint density at radius 1 is 0.969 bits per heavy atom. The SMILES string of the molecule is CCc1nnc(NC(=O)[C@H](Cc2ccccc2)NS(=O)(=O)c2ccc3ccccc3c2)s1. The van der Waals surface area contributed by atoms with Crippen molar-refractivity contribution < 1.29 is 13.2 Å². The van der Waals surface area contributed by atoms with Crippen molar-refractivity contribution in [1.82, 2.24) is 14.9 Å². The van der Waals surface area contributed by atoms with E-state index in [1.807, 2.05) is 61.5 Å². The number of aryl methyl sites for hydroxylation is 1. The van der Waals surface area contributed by atoms with Gasteiger partial charge in [-0.15, -0.1) is 10.2 Å². The van der Waals surface area contributed by atoms with Crippen LogP contribution in [0.15, 0.2) is 77.7 Å². The minimum absolute atomic E-state index is 0.103. The van der Waals surface area contributed by atoms with Crippen LogP contribution in [-0.2, 0) is 27.7 Å². The molecule has 4 aromatic rings. The molecule has 1 aromatic heterocycles. The van der Waals surface area contributed by atoms with Crippen molar-refractivity contribution in [1.29, 1.82) is 0 Å². The zero-order chi connectivity index (χ0) is 22.6. The van der Waals surface area contributed by atoms with Crippen LogP contribution in [0.25, 0.3) is 10.8 Å². The molecular formula is C23H22N4O3S2. The highest BCUT2D eigenvalue weighted by Crippen LogP contribution is 2.20. The Labute approximate surface area is 190 Å². The second-order valence-electron chi connectivity index (χ2n) is 7.22. The Hall–Kier alpha value is -3.14. The fourth-order valence-electron chi connectivity index (χ4n) is 3.27. The molecule has 1 atom stereocenters. The lowest BCUT2D eigenvalue weighted by Gasteiger charge is -2.18. The molecule has 164 valence electrons. The molecule has 1 amide bonds. The van der Waals surface area contributed by atoms with Gasteiger partial charge in [0.2, 0.25) is 21.1 Å². The van der Waals surface area contributed by atoms with Gasteiger partial charge in [-0.1, -0.05) is 78.9 Å². The van der Waals surface area contributed by atoms with Crippen LogP contribution in [-0.4, -0.2) is 30.6 Å². The van der Waals surface area contributed by atoms with Crippen molar-refractivity contribution in [3.63, 3.8) is 0 Å². The van der Waals surface area contributed by atoms with Crippen LogP contribution in [0.5, 0.6) is 0 Å². The van der Waals surface area contributed by atoms with Crippen LogP contribution in [0, 0.1) is 0 Å². The number of benzene rings is 3. The standard InChI is InChI=1S/C23H22N4O3S2/c1-2-21-25-26-23(31-21)24-22(28)20(14-16-8-4-3-5-9-16)27-32(29,30)19-13-12-17-10-6-7-11-18(17)15-19/h3-13,15,20,27H,2,14H2,1H3,(H,24,26,28)/t20-/m0/s1. The largest absolute Gasteiger partial charge is 0.299 e. The van der Waals surface area contributed by atoms with Gasteiger partial charge in [-0.2, -0.15) is 4.72 Å². The summed E-state index contributed by atoms with van der Waals surface area (Å²) in [6, 6.07) is 20.7. The van der Waals surface area contributed by atoms with Crippen molar-refractivity contribution in [2.75, 3.05) is 5.32 Å². The summed E-state index contributed by atoms with van der Waals surface area (Å²) in [6.07, 6.45) is 0.897. The van der Waals surface area contributed by atoms with Crippen LogP contribution in [0.2, 0.25) is 0 Å². The molecule has 7 nitrogen and oxygen atoms in total. The summed E-state index contributed by atoms with van der Waals surface area (Å²) < 4.78 is 28.9. The third-order valence-electron chi connectivity index (χ3n) is 4.93. The number of hydrogen-bond donors (Lipinski definition) is 2. The van der Waals surface area contributed by atoms with Crippen molar-refractivity contribution in [3.8, 4) is 0 Å². The Morgan fingerprint density at radius 2 is 1.69 bits per heavy atom. The Balaban J connectivity index is 1.61. The van der Waals surface area contributed by atoms with E-state index < -0.39 is 22.0 Å². The van der Waals surface area contributed by atoms with Crippen LogP contribution in [0.4, 0.5) is 5.13 Å². The zero-order valence-electron chi connectivity index (χ0n) is 17.4. The quantitative estimate of drug-likeness (QED) is 0.412.